The molecule has 29 heavy (non-hydrogen) atoms. The molecule has 152 valence electrons. The number of hydrogen-bond acceptors (Lipinski definition) is 11. The van der Waals surface area contributed by atoms with Crippen molar-refractivity contribution in [3.8, 4) is 5.82 Å². The predicted octanol–water partition coefficient (Wildman–Crippen LogP) is 0.653. The molecular formula is C15H16BrN9O3S. The molecule has 0 saturated carbocycles. The van der Waals surface area contributed by atoms with Crippen LogP contribution in [0.25, 0.3) is 5.82 Å². The number of nitrogens with one attached hydrogen (secondary N) is 1. The van der Waals surface area contributed by atoms with Gasteiger partial charge in [0.2, 0.25) is 11.6 Å². The summed E-state index contributed by atoms with van der Waals surface area (Å²) in [5, 5.41) is 19.3. The SMILES string of the molecule is Nc1nonc1-n1nnc(C(=O)NN=Cc2ccc(Br)s2)c1CN1CCOCC1. The van der Waals surface area contributed by atoms with Gasteiger partial charge < -0.3 is 10.5 Å². The van der Waals surface area contributed by atoms with Gasteiger partial charge in [-0.05, 0) is 38.4 Å². The maximum Gasteiger partial charge on any atom is 0.293 e. The number of carbonyl (C=O) groups is 1. The lowest BCUT2D eigenvalue weighted by Gasteiger charge is -2.26. The largest absolute Gasteiger partial charge is 0.379 e. The molecule has 4 rings (SSSR count). The number of ether oxygens (including phenoxy) is 1. The fraction of sp³-hybridized carbons (Fsp3) is 0.333. The Labute approximate surface area is 176 Å². The number of hydrazone groups is 1. The summed E-state index contributed by atoms with van der Waals surface area (Å²) < 4.78 is 12.4. The minimum Gasteiger partial charge on any atom is -0.379 e. The Bertz CT molecular complexity index is 1020. The van der Waals surface area contributed by atoms with Crippen LogP contribution < -0.4 is 11.2 Å². The monoisotopic (exact) mass is 481 g/mol. The molecule has 14 heteroatoms. The maximum atomic E-state index is 12.7. The highest BCUT2D eigenvalue weighted by molar-refractivity contribution is 9.11. The molecule has 12 nitrogen and oxygen atoms in total. The highest BCUT2D eigenvalue weighted by Crippen LogP contribution is 2.20. The van der Waals surface area contributed by atoms with E-state index in [1.807, 2.05) is 12.1 Å². The zero-order chi connectivity index (χ0) is 20.2. The zero-order valence-electron chi connectivity index (χ0n) is 15.0. The Hall–Kier alpha value is -2.68. The number of nitrogens with zero attached hydrogens (tertiary/aromatic N) is 7. The first-order valence-electron chi connectivity index (χ1n) is 8.53. The molecular weight excluding hydrogens is 466 g/mol. The number of rotatable bonds is 6. The van der Waals surface area contributed by atoms with E-state index in [4.69, 9.17) is 10.5 Å². The number of nitrogen functional groups attached to an aromatic ring is 1. The van der Waals surface area contributed by atoms with Crippen molar-refractivity contribution in [3.63, 3.8) is 0 Å². The molecule has 0 bridgehead atoms. The van der Waals surface area contributed by atoms with Crippen LogP contribution in [0.15, 0.2) is 25.6 Å². The van der Waals surface area contributed by atoms with Crippen molar-refractivity contribution >= 4 is 45.2 Å². The Balaban J connectivity index is 1.57. The predicted molar refractivity (Wildman–Crippen MR) is 107 cm³/mol. The van der Waals surface area contributed by atoms with E-state index in [0.717, 1.165) is 8.66 Å². The van der Waals surface area contributed by atoms with Gasteiger partial charge in [0, 0.05) is 24.5 Å². The molecule has 3 aromatic heterocycles. The van der Waals surface area contributed by atoms with Crippen molar-refractivity contribution in [2.45, 2.75) is 6.54 Å². The number of halogens is 1. The zero-order valence-corrected chi connectivity index (χ0v) is 17.4. The molecule has 1 fully saturated rings. The Kier molecular flexibility index (Phi) is 5.94. The number of aromatic nitrogens is 5. The first kappa shape index (κ1) is 19.6. The number of anilines is 1. The van der Waals surface area contributed by atoms with E-state index in [-0.39, 0.29) is 17.3 Å². The van der Waals surface area contributed by atoms with Gasteiger partial charge in [0.05, 0.1) is 28.9 Å². The Morgan fingerprint density at radius 3 is 2.90 bits per heavy atom. The summed E-state index contributed by atoms with van der Waals surface area (Å²) in [6, 6.07) is 3.78. The summed E-state index contributed by atoms with van der Waals surface area (Å²) in [6.45, 7) is 3.04. The summed E-state index contributed by atoms with van der Waals surface area (Å²) in [4.78, 5) is 15.7. The lowest BCUT2D eigenvalue weighted by atomic mass is 10.2. The molecule has 0 unspecified atom stereocenters. The maximum absolute atomic E-state index is 12.7. The van der Waals surface area contributed by atoms with Crippen LogP contribution >= 0.6 is 27.3 Å². The third-order valence-corrected chi connectivity index (χ3v) is 5.66. The van der Waals surface area contributed by atoms with Crippen molar-refractivity contribution in [2.24, 2.45) is 5.10 Å². The molecule has 0 radical (unpaired) electrons. The third-order valence-electron chi connectivity index (χ3n) is 4.10. The number of morpholine rings is 1. The van der Waals surface area contributed by atoms with Crippen LogP contribution in [0.5, 0.6) is 0 Å². The van der Waals surface area contributed by atoms with Crippen LogP contribution in [0.2, 0.25) is 0 Å². The molecule has 1 saturated heterocycles. The van der Waals surface area contributed by atoms with Crippen molar-refractivity contribution in [1.82, 2.24) is 35.6 Å². The molecule has 0 spiro atoms. The molecule has 3 aromatic rings. The first-order chi connectivity index (χ1) is 14.1. The van der Waals surface area contributed by atoms with Gasteiger partial charge >= 0.3 is 0 Å². The summed E-state index contributed by atoms with van der Waals surface area (Å²) in [7, 11) is 0. The molecule has 0 aliphatic carbocycles. The quantitative estimate of drug-likeness (QED) is 0.381. The second-order valence-corrected chi connectivity index (χ2v) is 8.49. The standard InChI is InChI=1S/C15H16BrN9O3S/c16-11-2-1-9(29-11)7-18-20-15(26)12-10(8-24-3-5-27-6-4-24)25(23-19-12)14-13(17)21-28-22-14/h1-2,7H,3-6,8H2,(H2,17,21)(H,20,26). The fourth-order valence-corrected chi connectivity index (χ4v) is 4.00. The number of thiophene rings is 1. The molecule has 3 N–H and O–H groups in total. The normalized spacial score (nSPS) is 15.2. The van der Waals surface area contributed by atoms with Crippen LogP contribution in [-0.4, -0.2) is 68.6 Å². The second kappa shape index (κ2) is 8.77. The smallest absolute Gasteiger partial charge is 0.293 e. The Morgan fingerprint density at radius 2 is 2.21 bits per heavy atom. The third kappa shape index (κ3) is 4.50. The highest BCUT2D eigenvalue weighted by Gasteiger charge is 2.26. The average molecular weight is 482 g/mol. The van der Waals surface area contributed by atoms with Gasteiger partial charge in [0.25, 0.3) is 5.91 Å². The van der Waals surface area contributed by atoms with E-state index in [1.165, 1.54) is 16.0 Å². The fourth-order valence-electron chi connectivity index (χ4n) is 2.70. The highest BCUT2D eigenvalue weighted by atomic mass is 79.9. The van der Waals surface area contributed by atoms with Crippen LogP contribution in [-0.2, 0) is 11.3 Å². The van der Waals surface area contributed by atoms with Gasteiger partial charge in [-0.2, -0.15) is 9.78 Å². The van der Waals surface area contributed by atoms with Crippen LogP contribution in [0.3, 0.4) is 0 Å². The van der Waals surface area contributed by atoms with E-state index in [0.29, 0.717) is 38.5 Å². The minimum absolute atomic E-state index is 0.0476. The van der Waals surface area contributed by atoms with Gasteiger partial charge in [-0.15, -0.1) is 16.4 Å². The molecule has 0 atom stereocenters. The van der Waals surface area contributed by atoms with E-state index < -0.39 is 5.91 Å². The average Bonchev–Trinajstić information content (AvgIpc) is 3.43. The van der Waals surface area contributed by atoms with Gasteiger partial charge in [-0.25, -0.2) is 10.1 Å². The molecule has 0 aromatic carbocycles. The number of carbonyl (C=O) groups excluding carboxylic acids is 1. The van der Waals surface area contributed by atoms with E-state index in [2.05, 4.69) is 56.6 Å². The van der Waals surface area contributed by atoms with E-state index in [9.17, 15) is 4.79 Å². The van der Waals surface area contributed by atoms with Crippen LogP contribution in [0.1, 0.15) is 21.1 Å². The van der Waals surface area contributed by atoms with Gasteiger partial charge in [0.15, 0.2) is 5.69 Å². The van der Waals surface area contributed by atoms with Crippen LogP contribution in [0, 0.1) is 0 Å². The number of nitrogens with two attached hydrogens (primary N) is 1. The molecule has 1 amide bonds. The van der Waals surface area contributed by atoms with Crippen molar-refractivity contribution in [3.05, 3.63) is 32.2 Å². The lowest BCUT2D eigenvalue weighted by Crippen LogP contribution is -2.37. The molecule has 4 heterocycles. The first-order valence-corrected chi connectivity index (χ1v) is 10.1. The summed E-state index contributed by atoms with van der Waals surface area (Å²) in [6.07, 6.45) is 1.55. The van der Waals surface area contributed by atoms with E-state index in [1.54, 1.807) is 6.21 Å². The van der Waals surface area contributed by atoms with Gasteiger partial charge in [-0.1, -0.05) is 5.21 Å². The summed E-state index contributed by atoms with van der Waals surface area (Å²) >= 11 is 4.87. The van der Waals surface area contributed by atoms with Crippen molar-refractivity contribution in [1.29, 1.82) is 0 Å². The van der Waals surface area contributed by atoms with E-state index >= 15 is 0 Å². The topological polar surface area (TPSA) is 150 Å². The van der Waals surface area contributed by atoms with Gasteiger partial charge in [0.1, 0.15) is 0 Å². The molecule has 1 aliphatic heterocycles. The second-order valence-electron chi connectivity index (χ2n) is 6.00. The van der Waals surface area contributed by atoms with Crippen LogP contribution in [0.4, 0.5) is 5.82 Å². The number of amides is 1. The Morgan fingerprint density at radius 1 is 1.38 bits per heavy atom. The lowest BCUT2D eigenvalue weighted by molar-refractivity contribution is 0.0332. The molecule has 1 aliphatic rings. The number of hydrogen-bond donors (Lipinski definition) is 2. The van der Waals surface area contributed by atoms with Gasteiger partial charge in [-0.3, -0.25) is 9.69 Å². The van der Waals surface area contributed by atoms with Crippen molar-refractivity contribution in [2.75, 3.05) is 32.0 Å². The summed E-state index contributed by atoms with van der Waals surface area (Å²) in [5.74, 6) is -0.278. The van der Waals surface area contributed by atoms with Crippen molar-refractivity contribution < 1.29 is 14.2 Å². The summed E-state index contributed by atoms with van der Waals surface area (Å²) in [5.41, 5.74) is 8.89. The minimum atomic E-state index is -0.499.